The SMILES string of the molecule is C=C(CNC(=O)CNC(=O)CNC=O)NCC(=O)NCC(C)(C)C. The van der Waals surface area contributed by atoms with Crippen molar-refractivity contribution in [3.05, 3.63) is 12.3 Å². The molecule has 0 rings (SSSR count). The molecule has 0 radical (unpaired) electrons. The second kappa shape index (κ2) is 11.0. The fourth-order valence-corrected chi connectivity index (χ4v) is 1.34. The largest absolute Gasteiger partial charge is 0.379 e. The summed E-state index contributed by atoms with van der Waals surface area (Å²) in [5.41, 5.74) is 0.481. The molecule has 0 spiro atoms. The van der Waals surface area contributed by atoms with E-state index in [-0.39, 0.29) is 37.5 Å². The molecule has 0 fully saturated rings. The summed E-state index contributed by atoms with van der Waals surface area (Å²) in [6.45, 7) is 10.1. The molecular weight excluding hydrogens is 314 g/mol. The Balaban J connectivity index is 3.81. The summed E-state index contributed by atoms with van der Waals surface area (Å²) in [6.07, 6.45) is 0.396. The maximum Gasteiger partial charge on any atom is 0.239 e. The van der Waals surface area contributed by atoms with Crippen molar-refractivity contribution in [3.63, 3.8) is 0 Å². The summed E-state index contributed by atoms with van der Waals surface area (Å²) in [6, 6.07) is 0. The molecule has 9 nitrogen and oxygen atoms in total. The molecule has 5 N–H and O–H groups in total. The number of amides is 4. The van der Waals surface area contributed by atoms with Crippen molar-refractivity contribution in [1.29, 1.82) is 0 Å². The summed E-state index contributed by atoms with van der Waals surface area (Å²) in [5.74, 6) is -1.04. The van der Waals surface area contributed by atoms with E-state index < -0.39 is 11.8 Å². The van der Waals surface area contributed by atoms with Crippen LogP contribution in [0.4, 0.5) is 0 Å². The second-order valence-corrected chi connectivity index (χ2v) is 6.35. The molecule has 0 bridgehead atoms. The van der Waals surface area contributed by atoms with E-state index >= 15 is 0 Å². The lowest BCUT2D eigenvalue weighted by atomic mass is 9.97. The van der Waals surface area contributed by atoms with Crippen molar-refractivity contribution in [1.82, 2.24) is 26.6 Å². The zero-order valence-electron chi connectivity index (χ0n) is 14.5. The molecule has 9 heteroatoms. The molecule has 0 aromatic rings. The van der Waals surface area contributed by atoms with Crippen molar-refractivity contribution in [3.8, 4) is 0 Å². The molecule has 0 aliphatic rings. The first-order chi connectivity index (χ1) is 11.1. The lowest BCUT2D eigenvalue weighted by molar-refractivity contribution is -0.126. The third kappa shape index (κ3) is 13.1. The summed E-state index contributed by atoms with van der Waals surface area (Å²) < 4.78 is 0. The average Bonchev–Trinajstić information content (AvgIpc) is 2.51. The number of carbonyl (C=O) groups is 4. The van der Waals surface area contributed by atoms with Gasteiger partial charge in [-0.1, -0.05) is 27.4 Å². The Labute approximate surface area is 142 Å². The van der Waals surface area contributed by atoms with E-state index in [0.29, 0.717) is 18.7 Å². The van der Waals surface area contributed by atoms with Gasteiger partial charge in [-0.05, 0) is 5.41 Å². The average molecular weight is 341 g/mol. The van der Waals surface area contributed by atoms with Crippen molar-refractivity contribution in [2.24, 2.45) is 5.41 Å². The molecule has 0 heterocycles. The molecule has 136 valence electrons. The Morgan fingerprint density at radius 1 is 0.833 bits per heavy atom. The van der Waals surface area contributed by atoms with Crippen LogP contribution >= 0.6 is 0 Å². The van der Waals surface area contributed by atoms with Gasteiger partial charge in [0, 0.05) is 12.2 Å². The van der Waals surface area contributed by atoms with Crippen LogP contribution in [0.3, 0.4) is 0 Å². The molecule has 0 unspecified atom stereocenters. The molecular formula is C15H27N5O4. The quantitative estimate of drug-likeness (QED) is 0.284. The van der Waals surface area contributed by atoms with Crippen LogP contribution in [0.5, 0.6) is 0 Å². The number of rotatable bonds is 11. The molecule has 0 saturated heterocycles. The number of hydrogen-bond donors (Lipinski definition) is 5. The van der Waals surface area contributed by atoms with Gasteiger partial charge in [-0.15, -0.1) is 0 Å². The van der Waals surface area contributed by atoms with Crippen LogP contribution in [0, 0.1) is 5.41 Å². The predicted octanol–water partition coefficient (Wildman–Crippen LogP) is -1.77. The van der Waals surface area contributed by atoms with Gasteiger partial charge in [0.1, 0.15) is 0 Å². The third-order valence-corrected chi connectivity index (χ3v) is 2.61. The highest BCUT2D eigenvalue weighted by Gasteiger charge is 2.11. The maximum atomic E-state index is 11.6. The van der Waals surface area contributed by atoms with E-state index in [4.69, 9.17) is 0 Å². The smallest absolute Gasteiger partial charge is 0.239 e. The molecule has 0 aromatic heterocycles. The Morgan fingerprint density at radius 3 is 1.92 bits per heavy atom. The van der Waals surface area contributed by atoms with Gasteiger partial charge in [0.25, 0.3) is 0 Å². The molecule has 4 amide bonds. The third-order valence-electron chi connectivity index (χ3n) is 2.61. The van der Waals surface area contributed by atoms with Gasteiger partial charge >= 0.3 is 0 Å². The summed E-state index contributed by atoms with van der Waals surface area (Å²) in [7, 11) is 0. The van der Waals surface area contributed by atoms with E-state index in [1.54, 1.807) is 0 Å². The summed E-state index contributed by atoms with van der Waals surface area (Å²) in [5, 5.41) is 12.6. The van der Waals surface area contributed by atoms with Crippen LogP contribution in [0.25, 0.3) is 0 Å². The Bertz CT molecular complexity index is 471. The number of hydrogen-bond acceptors (Lipinski definition) is 5. The van der Waals surface area contributed by atoms with E-state index in [1.807, 2.05) is 20.8 Å². The highest BCUT2D eigenvalue weighted by Crippen LogP contribution is 2.09. The van der Waals surface area contributed by atoms with Crippen molar-refractivity contribution >= 4 is 24.1 Å². The zero-order chi connectivity index (χ0) is 18.6. The van der Waals surface area contributed by atoms with Crippen molar-refractivity contribution < 1.29 is 19.2 Å². The van der Waals surface area contributed by atoms with Crippen molar-refractivity contribution in [2.45, 2.75) is 20.8 Å². The van der Waals surface area contributed by atoms with Gasteiger partial charge < -0.3 is 26.6 Å². The molecule has 0 saturated carbocycles. The predicted molar refractivity (Wildman–Crippen MR) is 89.7 cm³/mol. The Hall–Kier alpha value is -2.58. The minimum atomic E-state index is -0.468. The molecule has 0 aliphatic heterocycles. The number of nitrogens with one attached hydrogen (secondary N) is 5. The summed E-state index contributed by atoms with van der Waals surface area (Å²) in [4.78, 5) is 44.3. The highest BCUT2D eigenvalue weighted by atomic mass is 16.2. The van der Waals surface area contributed by atoms with Gasteiger partial charge in [-0.25, -0.2) is 0 Å². The van der Waals surface area contributed by atoms with Gasteiger partial charge in [-0.2, -0.15) is 0 Å². The van der Waals surface area contributed by atoms with E-state index in [1.165, 1.54) is 0 Å². The molecule has 24 heavy (non-hydrogen) atoms. The molecule has 0 aliphatic carbocycles. The van der Waals surface area contributed by atoms with Gasteiger partial charge in [0.15, 0.2) is 0 Å². The Kier molecular flexibility index (Phi) is 9.85. The van der Waals surface area contributed by atoms with Crippen molar-refractivity contribution in [2.75, 3.05) is 32.7 Å². The first-order valence-corrected chi connectivity index (χ1v) is 7.53. The normalized spacial score (nSPS) is 10.3. The fourth-order valence-electron chi connectivity index (χ4n) is 1.34. The number of carbonyl (C=O) groups excluding carboxylic acids is 4. The van der Waals surface area contributed by atoms with Crippen LogP contribution < -0.4 is 26.6 Å². The van der Waals surface area contributed by atoms with Crippen LogP contribution in [0.15, 0.2) is 12.3 Å². The van der Waals surface area contributed by atoms with Gasteiger partial charge in [0.05, 0.1) is 26.2 Å². The van der Waals surface area contributed by atoms with Crippen LogP contribution in [0.2, 0.25) is 0 Å². The minimum Gasteiger partial charge on any atom is -0.379 e. The van der Waals surface area contributed by atoms with Gasteiger partial charge in [0.2, 0.25) is 24.1 Å². The first-order valence-electron chi connectivity index (χ1n) is 7.53. The lowest BCUT2D eigenvalue weighted by Gasteiger charge is -2.19. The molecule has 0 aromatic carbocycles. The lowest BCUT2D eigenvalue weighted by Crippen LogP contribution is -2.42. The minimum absolute atomic E-state index is 0.00627. The summed E-state index contributed by atoms with van der Waals surface area (Å²) >= 11 is 0. The standard InChI is InChI=1S/C15H27N5O4/c1-11(17-7-14(24)20-9-15(2,3)4)5-18-13(23)8-19-12(22)6-16-10-21/h10,17H,1,5-9H2,2-4H3,(H,16,21)(H,18,23)(H,19,22)(H,20,24). The van der Waals surface area contributed by atoms with Crippen LogP contribution in [0.1, 0.15) is 20.8 Å². The zero-order valence-corrected chi connectivity index (χ0v) is 14.5. The second-order valence-electron chi connectivity index (χ2n) is 6.35. The topological polar surface area (TPSA) is 128 Å². The van der Waals surface area contributed by atoms with E-state index in [0.717, 1.165) is 0 Å². The van der Waals surface area contributed by atoms with Crippen LogP contribution in [-0.4, -0.2) is 56.9 Å². The highest BCUT2D eigenvalue weighted by molar-refractivity contribution is 5.86. The van der Waals surface area contributed by atoms with E-state index in [2.05, 4.69) is 33.2 Å². The maximum absolute atomic E-state index is 11.6. The fraction of sp³-hybridized carbons (Fsp3) is 0.600. The molecule has 0 atom stereocenters. The van der Waals surface area contributed by atoms with Crippen LogP contribution in [-0.2, 0) is 19.2 Å². The first kappa shape index (κ1) is 21.4. The Morgan fingerprint density at radius 2 is 1.33 bits per heavy atom. The van der Waals surface area contributed by atoms with E-state index in [9.17, 15) is 19.2 Å². The van der Waals surface area contributed by atoms with Gasteiger partial charge in [-0.3, -0.25) is 19.2 Å². The monoisotopic (exact) mass is 341 g/mol.